The van der Waals surface area contributed by atoms with Gasteiger partial charge in [-0.2, -0.15) is 0 Å². The molecule has 0 saturated carbocycles. The lowest BCUT2D eigenvalue weighted by molar-refractivity contribution is -0.137. The zero-order chi connectivity index (χ0) is 11.3. The van der Waals surface area contributed by atoms with Gasteiger partial charge in [0.05, 0.1) is 6.42 Å². The summed E-state index contributed by atoms with van der Waals surface area (Å²) in [5.41, 5.74) is 2.29. The van der Waals surface area contributed by atoms with Crippen LogP contribution in [0, 0.1) is 0 Å². The van der Waals surface area contributed by atoms with Crippen molar-refractivity contribution in [3.63, 3.8) is 0 Å². The average Bonchev–Trinajstić information content (AvgIpc) is 2.26. The van der Waals surface area contributed by atoms with Gasteiger partial charge in [0, 0.05) is 6.04 Å². The van der Waals surface area contributed by atoms with Crippen LogP contribution >= 0.6 is 0 Å². The predicted molar refractivity (Wildman–Crippen MR) is 59.9 cm³/mol. The molecule has 0 amide bonds. The standard InChI is InChI=1S/C12H17NO2/c1-3-9-4-6-10(7-5-9)11(13-2)8-12(14)15/h4-7,11,13H,3,8H2,1-2H3,(H,14,15). The van der Waals surface area contributed by atoms with Crippen molar-refractivity contribution in [1.29, 1.82) is 0 Å². The van der Waals surface area contributed by atoms with Crippen molar-refractivity contribution >= 4 is 5.97 Å². The molecule has 1 unspecified atom stereocenters. The van der Waals surface area contributed by atoms with E-state index in [-0.39, 0.29) is 12.5 Å². The zero-order valence-corrected chi connectivity index (χ0v) is 9.16. The second kappa shape index (κ2) is 5.51. The average molecular weight is 207 g/mol. The van der Waals surface area contributed by atoms with Gasteiger partial charge in [0.25, 0.3) is 0 Å². The van der Waals surface area contributed by atoms with Gasteiger partial charge < -0.3 is 10.4 Å². The van der Waals surface area contributed by atoms with E-state index < -0.39 is 5.97 Å². The first-order valence-electron chi connectivity index (χ1n) is 5.15. The number of carboxylic acids is 1. The summed E-state index contributed by atoms with van der Waals surface area (Å²) >= 11 is 0. The molecule has 0 aliphatic carbocycles. The third kappa shape index (κ3) is 3.36. The molecule has 0 saturated heterocycles. The normalized spacial score (nSPS) is 12.4. The van der Waals surface area contributed by atoms with Crippen LogP contribution in [-0.2, 0) is 11.2 Å². The van der Waals surface area contributed by atoms with Gasteiger partial charge in [0.1, 0.15) is 0 Å². The first-order chi connectivity index (χ1) is 7.17. The summed E-state index contributed by atoms with van der Waals surface area (Å²) in [6.45, 7) is 2.10. The van der Waals surface area contributed by atoms with Crippen molar-refractivity contribution in [2.45, 2.75) is 25.8 Å². The molecule has 3 nitrogen and oxygen atoms in total. The number of carboxylic acid groups (broad SMARTS) is 1. The highest BCUT2D eigenvalue weighted by molar-refractivity contribution is 5.67. The predicted octanol–water partition coefficient (Wildman–Crippen LogP) is 1.98. The minimum atomic E-state index is -0.783. The summed E-state index contributed by atoms with van der Waals surface area (Å²) < 4.78 is 0. The number of rotatable bonds is 5. The van der Waals surface area contributed by atoms with Gasteiger partial charge >= 0.3 is 5.97 Å². The van der Waals surface area contributed by atoms with Crippen LogP contribution in [-0.4, -0.2) is 18.1 Å². The molecule has 15 heavy (non-hydrogen) atoms. The summed E-state index contributed by atoms with van der Waals surface area (Å²) in [5, 5.41) is 11.7. The molecule has 82 valence electrons. The molecule has 1 atom stereocenters. The molecule has 0 spiro atoms. The van der Waals surface area contributed by atoms with Crippen molar-refractivity contribution < 1.29 is 9.90 Å². The Morgan fingerprint density at radius 2 is 2.00 bits per heavy atom. The molecule has 0 aliphatic rings. The maximum atomic E-state index is 10.6. The van der Waals surface area contributed by atoms with E-state index in [1.165, 1.54) is 5.56 Å². The van der Waals surface area contributed by atoms with Gasteiger partial charge in [-0.1, -0.05) is 31.2 Å². The summed E-state index contributed by atoms with van der Waals surface area (Å²) in [7, 11) is 1.78. The van der Waals surface area contributed by atoms with E-state index in [0.717, 1.165) is 12.0 Å². The fourth-order valence-electron chi connectivity index (χ4n) is 1.55. The Morgan fingerprint density at radius 3 is 2.40 bits per heavy atom. The van der Waals surface area contributed by atoms with Gasteiger partial charge in [-0.25, -0.2) is 0 Å². The third-order valence-electron chi connectivity index (χ3n) is 2.52. The fraction of sp³-hybridized carbons (Fsp3) is 0.417. The van der Waals surface area contributed by atoms with E-state index in [0.29, 0.717) is 0 Å². The van der Waals surface area contributed by atoms with Crippen molar-refractivity contribution in [1.82, 2.24) is 5.32 Å². The highest BCUT2D eigenvalue weighted by Gasteiger charge is 2.12. The number of aryl methyl sites for hydroxylation is 1. The minimum absolute atomic E-state index is 0.103. The van der Waals surface area contributed by atoms with E-state index in [9.17, 15) is 4.79 Å². The molecule has 0 bridgehead atoms. The maximum Gasteiger partial charge on any atom is 0.305 e. The molecule has 0 radical (unpaired) electrons. The Hall–Kier alpha value is -1.35. The summed E-state index contributed by atoms with van der Waals surface area (Å²) in [5.74, 6) is -0.783. The molecule has 2 N–H and O–H groups in total. The smallest absolute Gasteiger partial charge is 0.305 e. The first-order valence-corrected chi connectivity index (χ1v) is 5.15. The Balaban J connectivity index is 2.78. The summed E-state index contributed by atoms with van der Waals surface area (Å²) in [6, 6.07) is 7.96. The Labute approximate surface area is 90.1 Å². The number of benzene rings is 1. The third-order valence-corrected chi connectivity index (χ3v) is 2.52. The quantitative estimate of drug-likeness (QED) is 0.776. The van der Waals surface area contributed by atoms with E-state index in [2.05, 4.69) is 12.2 Å². The highest BCUT2D eigenvalue weighted by atomic mass is 16.4. The van der Waals surface area contributed by atoms with E-state index in [1.807, 2.05) is 24.3 Å². The number of aliphatic carboxylic acids is 1. The van der Waals surface area contributed by atoms with Gasteiger partial charge in [0.2, 0.25) is 0 Å². The Kier molecular flexibility index (Phi) is 4.31. The van der Waals surface area contributed by atoms with Crippen LogP contribution in [0.3, 0.4) is 0 Å². The van der Waals surface area contributed by atoms with Crippen LogP contribution in [0.15, 0.2) is 24.3 Å². The number of hydrogen-bond donors (Lipinski definition) is 2. The van der Waals surface area contributed by atoms with Gasteiger partial charge in [-0.15, -0.1) is 0 Å². The SMILES string of the molecule is CCc1ccc(C(CC(=O)O)NC)cc1. The van der Waals surface area contributed by atoms with Crippen LogP contribution in [0.2, 0.25) is 0 Å². The highest BCUT2D eigenvalue weighted by Crippen LogP contribution is 2.17. The molecule has 0 aliphatic heterocycles. The topological polar surface area (TPSA) is 49.3 Å². The fourth-order valence-corrected chi connectivity index (χ4v) is 1.55. The van der Waals surface area contributed by atoms with Gasteiger partial charge in [0.15, 0.2) is 0 Å². The molecule has 0 aromatic heterocycles. The molecule has 1 rings (SSSR count). The van der Waals surface area contributed by atoms with Gasteiger partial charge in [-0.3, -0.25) is 4.79 Å². The first kappa shape index (κ1) is 11.7. The summed E-state index contributed by atoms with van der Waals surface area (Å²) in [6.07, 6.45) is 1.12. The van der Waals surface area contributed by atoms with Crippen LogP contribution in [0.4, 0.5) is 0 Å². The van der Waals surface area contributed by atoms with Crippen molar-refractivity contribution in [2.24, 2.45) is 0 Å². The maximum absolute atomic E-state index is 10.6. The molecule has 0 fully saturated rings. The van der Waals surface area contributed by atoms with Crippen LogP contribution in [0.5, 0.6) is 0 Å². The second-order valence-electron chi connectivity index (χ2n) is 3.53. The van der Waals surface area contributed by atoms with Gasteiger partial charge in [-0.05, 0) is 24.6 Å². The van der Waals surface area contributed by atoms with E-state index in [4.69, 9.17) is 5.11 Å². The molecule has 1 aromatic carbocycles. The lowest BCUT2D eigenvalue weighted by Gasteiger charge is -2.14. The Morgan fingerprint density at radius 1 is 1.40 bits per heavy atom. The molecule has 1 aromatic rings. The van der Waals surface area contributed by atoms with Crippen LogP contribution in [0.1, 0.15) is 30.5 Å². The lowest BCUT2D eigenvalue weighted by Crippen LogP contribution is -2.19. The van der Waals surface area contributed by atoms with E-state index in [1.54, 1.807) is 7.05 Å². The van der Waals surface area contributed by atoms with Crippen LogP contribution < -0.4 is 5.32 Å². The number of carbonyl (C=O) groups is 1. The van der Waals surface area contributed by atoms with Crippen molar-refractivity contribution in [2.75, 3.05) is 7.05 Å². The molecular formula is C12H17NO2. The summed E-state index contributed by atoms with van der Waals surface area (Å²) in [4.78, 5) is 10.6. The largest absolute Gasteiger partial charge is 0.481 e. The van der Waals surface area contributed by atoms with Crippen molar-refractivity contribution in [3.8, 4) is 0 Å². The van der Waals surface area contributed by atoms with E-state index >= 15 is 0 Å². The zero-order valence-electron chi connectivity index (χ0n) is 9.16. The molecule has 3 heteroatoms. The van der Waals surface area contributed by atoms with Crippen LogP contribution in [0.25, 0.3) is 0 Å². The lowest BCUT2D eigenvalue weighted by atomic mass is 10.0. The monoisotopic (exact) mass is 207 g/mol. The second-order valence-corrected chi connectivity index (χ2v) is 3.53. The molecular weight excluding hydrogens is 190 g/mol. The Bertz CT molecular complexity index is 319. The number of nitrogens with one attached hydrogen (secondary N) is 1. The molecule has 0 heterocycles. The van der Waals surface area contributed by atoms with Crippen molar-refractivity contribution in [3.05, 3.63) is 35.4 Å². The minimum Gasteiger partial charge on any atom is -0.481 e. The number of hydrogen-bond acceptors (Lipinski definition) is 2.